The van der Waals surface area contributed by atoms with Crippen molar-refractivity contribution in [3.63, 3.8) is 0 Å². The van der Waals surface area contributed by atoms with Crippen molar-refractivity contribution in [2.45, 2.75) is 26.3 Å². The zero-order valence-corrected chi connectivity index (χ0v) is 10.0. The molecule has 0 aromatic carbocycles. The molecule has 0 aliphatic carbocycles. The molecule has 0 amide bonds. The lowest BCUT2D eigenvalue weighted by atomic mass is 10.2. The molecule has 0 N–H and O–H groups in total. The van der Waals surface area contributed by atoms with E-state index in [0.29, 0.717) is 6.54 Å². The fraction of sp³-hybridized carbons (Fsp3) is 1.00. The summed E-state index contributed by atoms with van der Waals surface area (Å²) in [5.41, 5.74) is 0. The van der Waals surface area contributed by atoms with E-state index < -0.39 is 10.0 Å². The van der Waals surface area contributed by atoms with E-state index in [2.05, 4.69) is 11.8 Å². The van der Waals surface area contributed by atoms with Crippen molar-refractivity contribution < 1.29 is 8.42 Å². The maximum absolute atomic E-state index is 11.4. The van der Waals surface area contributed by atoms with Crippen LogP contribution in [0.1, 0.15) is 20.3 Å². The molecule has 4 nitrogen and oxygen atoms in total. The average molecular weight is 220 g/mol. The van der Waals surface area contributed by atoms with Gasteiger partial charge in [-0.3, -0.25) is 0 Å². The van der Waals surface area contributed by atoms with Gasteiger partial charge in [-0.25, -0.2) is 8.42 Å². The highest BCUT2D eigenvalue weighted by Gasteiger charge is 2.28. The first-order valence-corrected chi connectivity index (χ1v) is 6.99. The number of hydrogen-bond donors (Lipinski definition) is 0. The van der Waals surface area contributed by atoms with Gasteiger partial charge in [0.15, 0.2) is 0 Å². The second kappa shape index (κ2) is 4.59. The summed E-state index contributed by atoms with van der Waals surface area (Å²) in [6.45, 7) is 7.56. The van der Waals surface area contributed by atoms with E-state index in [4.69, 9.17) is 0 Å². The van der Waals surface area contributed by atoms with Crippen molar-refractivity contribution in [1.29, 1.82) is 0 Å². The molecule has 0 saturated carbocycles. The number of rotatable bonds is 3. The lowest BCUT2D eigenvalue weighted by molar-refractivity contribution is 0.145. The molecule has 5 heteroatoms. The summed E-state index contributed by atoms with van der Waals surface area (Å²) < 4.78 is 24.3. The van der Waals surface area contributed by atoms with Crippen molar-refractivity contribution in [3.05, 3.63) is 0 Å². The van der Waals surface area contributed by atoms with Crippen molar-refractivity contribution in [2.75, 3.05) is 32.4 Å². The first kappa shape index (κ1) is 11.9. The molecule has 1 fully saturated rings. The third-order valence-corrected chi connectivity index (χ3v) is 4.01. The standard InChI is InChI=1S/C9H20N2O2S/c1-4-5-10-6-7-11(9(2)8-10)14(3,12)13/h9H,4-8H2,1-3H3/t9-/m0/s1. The van der Waals surface area contributed by atoms with Crippen molar-refractivity contribution in [1.82, 2.24) is 9.21 Å². The molecule has 84 valence electrons. The zero-order valence-electron chi connectivity index (χ0n) is 9.23. The molecule has 0 radical (unpaired) electrons. The highest BCUT2D eigenvalue weighted by molar-refractivity contribution is 7.88. The Morgan fingerprint density at radius 1 is 1.36 bits per heavy atom. The van der Waals surface area contributed by atoms with E-state index in [1.54, 1.807) is 4.31 Å². The molecule has 14 heavy (non-hydrogen) atoms. The molecule has 1 saturated heterocycles. The molecular weight excluding hydrogens is 200 g/mol. The molecular formula is C9H20N2O2S. The summed E-state index contributed by atoms with van der Waals surface area (Å²) in [5, 5.41) is 0. The predicted octanol–water partition coefficient (Wildman–Crippen LogP) is 0.362. The van der Waals surface area contributed by atoms with Crippen LogP contribution < -0.4 is 0 Å². The summed E-state index contributed by atoms with van der Waals surface area (Å²) in [5.74, 6) is 0. The van der Waals surface area contributed by atoms with Gasteiger partial charge in [-0.2, -0.15) is 4.31 Å². The van der Waals surface area contributed by atoms with Crippen LogP contribution >= 0.6 is 0 Å². The lowest BCUT2D eigenvalue weighted by Crippen LogP contribution is -2.53. The third kappa shape index (κ3) is 2.93. The fourth-order valence-electron chi connectivity index (χ4n) is 2.03. The summed E-state index contributed by atoms with van der Waals surface area (Å²) in [6, 6.07) is 0.116. The van der Waals surface area contributed by atoms with Crippen LogP contribution in [-0.4, -0.2) is 56.1 Å². The second-order valence-corrected chi connectivity index (χ2v) is 5.96. The van der Waals surface area contributed by atoms with E-state index >= 15 is 0 Å². The summed E-state index contributed by atoms with van der Waals surface area (Å²) in [7, 11) is -3.01. The van der Waals surface area contributed by atoms with Gasteiger partial charge in [0.2, 0.25) is 10.0 Å². The van der Waals surface area contributed by atoms with Gasteiger partial charge in [0.05, 0.1) is 6.26 Å². The zero-order chi connectivity index (χ0) is 10.8. The van der Waals surface area contributed by atoms with Gasteiger partial charge in [0, 0.05) is 25.7 Å². The first-order valence-electron chi connectivity index (χ1n) is 5.14. The Bertz CT molecular complexity index is 277. The van der Waals surface area contributed by atoms with Gasteiger partial charge in [-0.1, -0.05) is 6.92 Å². The minimum atomic E-state index is -3.01. The Hall–Kier alpha value is -0.130. The molecule has 0 spiro atoms. The average Bonchev–Trinajstić information content (AvgIpc) is 2.02. The Balaban J connectivity index is 2.56. The summed E-state index contributed by atoms with van der Waals surface area (Å²) >= 11 is 0. The van der Waals surface area contributed by atoms with Gasteiger partial charge < -0.3 is 4.90 Å². The monoisotopic (exact) mass is 220 g/mol. The van der Waals surface area contributed by atoms with Crippen LogP contribution in [0, 0.1) is 0 Å². The normalized spacial score (nSPS) is 26.6. The highest BCUT2D eigenvalue weighted by Crippen LogP contribution is 2.12. The van der Waals surface area contributed by atoms with E-state index in [0.717, 1.165) is 26.1 Å². The summed E-state index contributed by atoms with van der Waals surface area (Å²) in [6.07, 6.45) is 2.42. The maximum atomic E-state index is 11.4. The molecule has 0 unspecified atom stereocenters. The minimum absolute atomic E-state index is 0.116. The van der Waals surface area contributed by atoms with Crippen LogP contribution in [0.5, 0.6) is 0 Å². The van der Waals surface area contributed by atoms with Crippen molar-refractivity contribution >= 4 is 10.0 Å². The van der Waals surface area contributed by atoms with Crippen LogP contribution in [0.4, 0.5) is 0 Å². The van der Waals surface area contributed by atoms with E-state index in [9.17, 15) is 8.42 Å². The lowest BCUT2D eigenvalue weighted by Gasteiger charge is -2.38. The minimum Gasteiger partial charge on any atom is -0.300 e. The Kier molecular flexibility index (Phi) is 3.92. The number of sulfonamides is 1. The highest BCUT2D eigenvalue weighted by atomic mass is 32.2. The van der Waals surface area contributed by atoms with Crippen LogP contribution in [0.2, 0.25) is 0 Å². The molecule has 1 heterocycles. The van der Waals surface area contributed by atoms with Gasteiger partial charge in [-0.15, -0.1) is 0 Å². The quantitative estimate of drug-likeness (QED) is 0.689. The van der Waals surface area contributed by atoms with E-state index in [1.165, 1.54) is 6.26 Å². The molecule has 1 atom stereocenters. The summed E-state index contributed by atoms with van der Waals surface area (Å²) in [4.78, 5) is 2.33. The predicted molar refractivity (Wildman–Crippen MR) is 57.7 cm³/mol. The Morgan fingerprint density at radius 3 is 2.43 bits per heavy atom. The maximum Gasteiger partial charge on any atom is 0.211 e. The SMILES string of the molecule is CCCN1CCN(S(C)(=O)=O)[C@@H](C)C1. The molecule has 0 aromatic rings. The molecule has 1 aliphatic heterocycles. The molecule has 0 bridgehead atoms. The second-order valence-electron chi connectivity index (χ2n) is 4.02. The smallest absolute Gasteiger partial charge is 0.211 e. The van der Waals surface area contributed by atoms with Crippen LogP contribution in [0.15, 0.2) is 0 Å². The van der Waals surface area contributed by atoms with Gasteiger partial charge in [0.1, 0.15) is 0 Å². The van der Waals surface area contributed by atoms with Crippen molar-refractivity contribution in [2.24, 2.45) is 0 Å². The van der Waals surface area contributed by atoms with Crippen LogP contribution in [0.3, 0.4) is 0 Å². The number of piperazine rings is 1. The van der Waals surface area contributed by atoms with Crippen LogP contribution in [0.25, 0.3) is 0 Å². The first-order chi connectivity index (χ1) is 6.45. The topological polar surface area (TPSA) is 40.6 Å². The van der Waals surface area contributed by atoms with Crippen molar-refractivity contribution in [3.8, 4) is 0 Å². The van der Waals surface area contributed by atoms with Gasteiger partial charge >= 0.3 is 0 Å². The third-order valence-electron chi connectivity index (χ3n) is 2.62. The fourth-order valence-corrected chi connectivity index (χ4v) is 3.16. The molecule has 1 aliphatic rings. The molecule has 0 aromatic heterocycles. The van der Waals surface area contributed by atoms with Gasteiger partial charge in [0.25, 0.3) is 0 Å². The Morgan fingerprint density at radius 2 is 2.00 bits per heavy atom. The van der Waals surface area contributed by atoms with Gasteiger partial charge in [-0.05, 0) is 19.9 Å². The molecule has 1 rings (SSSR count). The largest absolute Gasteiger partial charge is 0.300 e. The Labute approximate surface area is 86.9 Å². The number of hydrogen-bond acceptors (Lipinski definition) is 3. The van der Waals surface area contributed by atoms with E-state index in [1.807, 2.05) is 6.92 Å². The number of nitrogens with zero attached hydrogens (tertiary/aromatic N) is 2. The van der Waals surface area contributed by atoms with E-state index in [-0.39, 0.29) is 6.04 Å². The van der Waals surface area contributed by atoms with Crippen LogP contribution in [-0.2, 0) is 10.0 Å².